The molecule has 2 atom stereocenters. The van der Waals surface area contributed by atoms with Gasteiger partial charge in [-0.3, -0.25) is 9.82 Å². The summed E-state index contributed by atoms with van der Waals surface area (Å²) in [4.78, 5) is 0. The average Bonchev–Trinajstić information content (AvgIpc) is 2.74. The van der Waals surface area contributed by atoms with E-state index in [2.05, 4.69) is 28.8 Å². The maximum absolute atomic E-state index is 12.4. The first kappa shape index (κ1) is 14.3. The molecule has 0 saturated carbocycles. The van der Waals surface area contributed by atoms with Gasteiger partial charge in [0.25, 0.3) is 0 Å². The average molecular weight is 286 g/mol. The molecule has 0 spiro atoms. The van der Waals surface area contributed by atoms with Crippen LogP contribution in [0.3, 0.4) is 0 Å². The van der Waals surface area contributed by atoms with Gasteiger partial charge in [0.2, 0.25) is 0 Å². The van der Waals surface area contributed by atoms with Crippen molar-refractivity contribution in [2.75, 3.05) is 17.8 Å². The second-order valence-electron chi connectivity index (χ2n) is 5.49. The molecule has 2 heterocycles. The topological polar surface area (TPSA) is 78.1 Å². The molecule has 108 valence electrons. The molecule has 1 aliphatic heterocycles. The Balaban J connectivity index is 2.14. The molecule has 6 nitrogen and oxygen atoms in total. The first-order valence-corrected chi connectivity index (χ1v) is 8.16. The van der Waals surface area contributed by atoms with Crippen LogP contribution < -0.4 is 4.72 Å². The minimum absolute atomic E-state index is 0.396. The van der Waals surface area contributed by atoms with E-state index in [-0.39, 0.29) is 0 Å². The van der Waals surface area contributed by atoms with Gasteiger partial charge < -0.3 is 0 Å². The Morgan fingerprint density at radius 1 is 1.42 bits per heavy atom. The van der Waals surface area contributed by atoms with Crippen LogP contribution in [0, 0.1) is 11.8 Å². The van der Waals surface area contributed by atoms with Crippen molar-refractivity contribution in [3.05, 3.63) is 11.8 Å². The predicted octanol–water partition coefficient (Wildman–Crippen LogP) is 1.61. The van der Waals surface area contributed by atoms with Gasteiger partial charge in [-0.1, -0.05) is 20.8 Å². The van der Waals surface area contributed by atoms with Gasteiger partial charge in [0.05, 0.1) is 6.20 Å². The molecule has 0 aliphatic carbocycles. The van der Waals surface area contributed by atoms with E-state index >= 15 is 0 Å². The molecule has 0 bridgehead atoms. The Morgan fingerprint density at radius 3 is 2.63 bits per heavy atom. The summed E-state index contributed by atoms with van der Waals surface area (Å²) in [7, 11) is -3.49. The van der Waals surface area contributed by atoms with Crippen molar-refractivity contribution in [3.8, 4) is 0 Å². The molecule has 7 heteroatoms. The van der Waals surface area contributed by atoms with Crippen molar-refractivity contribution in [1.82, 2.24) is 14.5 Å². The molecule has 2 N–H and O–H groups in total. The van der Waals surface area contributed by atoms with E-state index in [9.17, 15) is 8.42 Å². The van der Waals surface area contributed by atoms with Gasteiger partial charge in [-0.15, -0.1) is 0 Å². The molecule has 0 radical (unpaired) electrons. The van der Waals surface area contributed by atoms with Crippen molar-refractivity contribution < 1.29 is 8.42 Å². The highest BCUT2D eigenvalue weighted by Crippen LogP contribution is 2.24. The zero-order valence-corrected chi connectivity index (χ0v) is 12.5. The Kier molecular flexibility index (Phi) is 4.15. The molecule has 1 aromatic heterocycles. The van der Waals surface area contributed by atoms with Crippen LogP contribution in [0.25, 0.3) is 0 Å². The number of nitrogens with zero attached hydrogens (tertiary/aromatic N) is 2. The first-order chi connectivity index (χ1) is 8.92. The molecule has 1 fully saturated rings. The molecule has 0 aromatic carbocycles. The minimum Gasteiger partial charge on any atom is -0.262 e. The Morgan fingerprint density at radius 2 is 2.05 bits per heavy atom. The molecule has 19 heavy (non-hydrogen) atoms. The summed E-state index contributed by atoms with van der Waals surface area (Å²) in [6.07, 6.45) is 3.47. The quantitative estimate of drug-likeness (QED) is 0.882. The standard InChI is InChI=1S/C12H22N4O2S/c1-4-11-6-13-14-12(11)15-19(17,18)16-7-9(2)5-10(3)8-16/h6,9-10H,4-5,7-8H2,1-3H3,(H2,13,14,15). The molecule has 1 aromatic rings. The lowest BCUT2D eigenvalue weighted by Crippen LogP contribution is -2.45. The Hall–Kier alpha value is -1.08. The fraction of sp³-hybridized carbons (Fsp3) is 0.750. The number of aromatic amines is 1. The number of aryl methyl sites for hydroxylation is 1. The Bertz CT molecular complexity index is 516. The smallest absolute Gasteiger partial charge is 0.262 e. The van der Waals surface area contributed by atoms with Crippen LogP contribution in [0.2, 0.25) is 0 Å². The van der Waals surface area contributed by atoms with Gasteiger partial charge in [-0.05, 0) is 24.7 Å². The molecule has 0 amide bonds. The highest BCUT2D eigenvalue weighted by atomic mass is 32.2. The molecule has 1 aliphatic rings. The second-order valence-corrected chi connectivity index (χ2v) is 7.16. The number of aromatic nitrogens is 2. The van der Waals surface area contributed by atoms with E-state index < -0.39 is 10.2 Å². The van der Waals surface area contributed by atoms with Gasteiger partial charge in [0, 0.05) is 18.7 Å². The summed E-state index contributed by atoms with van der Waals surface area (Å²) in [6, 6.07) is 0. The van der Waals surface area contributed by atoms with Gasteiger partial charge in [0.15, 0.2) is 0 Å². The van der Waals surface area contributed by atoms with Gasteiger partial charge in [0.1, 0.15) is 5.82 Å². The summed E-state index contributed by atoms with van der Waals surface area (Å²) < 4.78 is 28.9. The Labute approximate surface area is 114 Å². The lowest BCUT2D eigenvalue weighted by Gasteiger charge is -2.33. The third-order valence-corrected chi connectivity index (χ3v) is 4.95. The SMILES string of the molecule is CCc1cn[nH]c1NS(=O)(=O)N1CC(C)CC(C)C1. The van der Waals surface area contributed by atoms with E-state index in [1.165, 1.54) is 4.31 Å². The molecule has 2 rings (SSSR count). The lowest BCUT2D eigenvalue weighted by atomic mass is 9.94. The number of rotatable bonds is 4. The van der Waals surface area contributed by atoms with Crippen LogP contribution in [-0.4, -0.2) is 36.0 Å². The lowest BCUT2D eigenvalue weighted by molar-refractivity contribution is 0.223. The van der Waals surface area contributed by atoms with E-state index in [1.807, 2.05) is 6.92 Å². The van der Waals surface area contributed by atoms with Crippen molar-refractivity contribution in [1.29, 1.82) is 0 Å². The summed E-state index contributed by atoms with van der Waals surface area (Å²) >= 11 is 0. The van der Waals surface area contributed by atoms with Crippen molar-refractivity contribution >= 4 is 16.0 Å². The van der Waals surface area contributed by atoms with E-state index in [0.717, 1.165) is 18.4 Å². The highest BCUT2D eigenvalue weighted by Gasteiger charge is 2.30. The minimum atomic E-state index is -3.49. The van der Waals surface area contributed by atoms with Crippen molar-refractivity contribution in [3.63, 3.8) is 0 Å². The highest BCUT2D eigenvalue weighted by molar-refractivity contribution is 7.90. The largest absolute Gasteiger partial charge is 0.302 e. The van der Waals surface area contributed by atoms with Crippen LogP contribution in [0.4, 0.5) is 5.82 Å². The van der Waals surface area contributed by atoms with Crippen LogP contribution in [0.15, 0.2) is 6.20 Å². The summed E-state index contributed by atoms with van der Waals surface area (Å²) in [5.41, 5.74) is 0.877. The van der Waals surface area contributed by atoms with Gasteiger partial charge >= 0.3 is 10.2 Å². The summed E-state index contributed by atoms with van der Waals surface area (Å²) in [5, 5.41) is 6.59. The monoisotopic (exact) mass is 286 g/mol. The molecule has 2 unspecified atom stereocenters. The zero-order valence-electron chi connectivity index (χ0n) is 11.7. The van der Waals surface area contributed by atoms with E-state index in [4.69, 9.17) is 0 Å². The number of piperidine rings is 1. The van der Waals surface area contributed by atoms with Gasteiger partial charge in [-0.2, -0.15) is 17.8 Å². The molecule has 1 saturated heterocycles. The second kappa shape index (κ2) is 5.50. The molecular formula is C12H22N4O2S. The van der Waals surface area contributed by atoms with Crippen LogP contribution in [-0.2, 0) is 16.6 Å². The fourth-order valence-electron chi connectivity index (χ4n) is 2.66. The third-order valence-electron chi connectivity index (χ3n) is 3.51. The van der Waals surface area contributed by atoms with E-state index in [1.54, 1.807) is 6.20 Å². The maximum Gasteiger partial charge on any atom is 0.302 e. The van der Waals surface area contributed by atoms with Crippen LogP contribution in [0.5, 0.6) is 0 Å². The van der Waals surface area contributed by atoms with Crippen molar-refractivity contribution in [2.24, 2.45) is 11.8 Å². The van der Waals surface area contributed by atoms with Crippen LogP contribution >= 0.6 is 0 Å². The number of hydrogen-bond acceptors (Lipinski definition) is 3. The predicted molar refractivity (Wildman–Crippen MR) is 75.0 cm³/mol. The van der Waals surface area contributed by atoms with Gasteiger partial charge in [-0.25, -0.2) is 0 Å². The van der Waals surface area contributed by atoms with E-state index in [0.29, 0.717) is 30.7 Å². The number of nitrogens with one attached hydrogen (secondary N) is 2. The number of hydrogen-bond donors (Lipinski definition) is 2. The van der Waals surface area contributed by atoms with Crippen LogP contribution in [0.1, 0.15) is 32.8 Å². The third kappa shape index (κ3) is 3.27. The number of anilines is 1. The zero-order chi connectivity index (χ0) is 14.0. The fourth-order valence-corrected chi connectivity index (χ4v) is 4.13. The van der Waals surface area contributed by atoms with Crippen molar-refractivity contribution in [2.45, 2.75) is 33.6 Å². The molecular weight excluding hydrogens is 264 g/mol. The first-order valence-electron chi connectivity index (χ1n) is 6.72. The summed E-state index contributed by atoms with van der Waals surface area (Å²) in [6.45, 7) is 7.30. The summed E-state index contributed by atoms with van der Waals surface area (Å²) in [5.74, 6) is 1.27. The normalized spacial score (nSPS) is 25.4. The number of H-pyrrole nitrogens is 1. The maximum atomic E-state index is 12.4.